The highest BCUT2D eigenvalue weighted by Crippen LogP contribution is 2.65. The average molecular weight is 1020 g/mol. The van der Waals surface area contributed by atoms with Crippen LogP contribution in [-0.4, -0.2) is 46.2 Å². The molecule has 4 aromatic heterocycles. The summed E-state index contributed by atoms with van der Waals surface area (Å²) < 4.78 is 3.60. The Morgan fingerprint density at radius 1 is 0.400 bits per heavy atom. The van der Waals surface area contributed by atoms with Gasteiger partial charge in [0.25, 0.3) is 22.3 Å². The van der Waals surface area contributed by atoms with Crippen LogP contribution in [0.4, 0.5) is 9.59 Å². The van der Waals surface area contributed by atoms with E-state index in [9.17, 15) is 19.2 Å². The van der Waals surface area contributed by atoms with Gasteiger partial charge in [0.05, 0.1) is 20.6 Å². The lowest BCUT2D eigenvalue weighted by molar-refractivity contribution is -0.121. The van der Waals surface area contributed by atoms with Crippen molar-refractivity contribution in [3.05, 3.63) is 242 Å². The quantitative estimate of drug-likeness (QED) is 0.165. The van der Waals surface area contributed by atoms with Gasteiger partial charge < -0.3 is 0 Å². The zero-order valence-electron chi connectivity index (χ0n) is 37.3. The smallest absolute Gasteiger partial charge is 0.272 e. The van der Waals surface area contributed by atoms with E-state index in [0.717, 1.165) is 51.4 Å². The summed E-state index contributed by atoms with van der Waals surface area (Å²) in [5.41, 5.74) is 10.7. The average Bonchev–Trinajstić information content (AvgIpc) is 4.30. The van der Waals surface area contributed by atoms with Crippen molar-refractivity contribution in [3.63, 3.8) is 0 Å². The Kier molecular flexibility index (Phi) is 10.2. The van der Waals surface area contributed by atoms with E-state index in [1.165, 1.54) is 112 Å². The van der Waals surface area contributed by atoms with Crippen molar-refractivity contribution in [2.45, 2.75) is 10.8 Å². The number of amides is 4. The van der Waals surface area contributed by atoms with Gasteiger partial charge in [0.1, 0.15) is 0 Å². The Morgan fingerprint density at radius 2 is 0.743 bits per heavy atom. The predicted octanol–water partition coefficient (Wildman–Crippen LogP) is 11.2. The lowest BCUT2D eigenvalue weighted by atomic mass is 9.66. The number of hydrogen-bond acceptors (Lipinski definition) is 10. The van der Waals surface area contributed by atoms with Crippen LogP contribution in [0.1, 0.15) is 54.3 Å². The Bertz CT molecular complexity index is 3630. The largest absolute Gasteiger partial charge is 0.293 e. The van der Waals surface area contributed by atoms with Crippen molar-refractivity contribution < 1.29 is 19.2 Å². The molecule has 338 valence electrons. The van der Waals surface area contributed by atoms with Crippen molar-refractivity contribution in [2.75, 3.05) is 14.1 Å². The van der Waals surface area contributed by atoms with Crippen LogP contribution in [0.2, 0.25) is 0 Å². The van der Waals surface area contributed by atoms with E-state index in [-0.39, 0.29) is 22.3 Å². The van der Waals surface area contributed by atoms with E-state index in [1.54, 1.807) is 22.7 Å². The van der Waals surface area contributed by atoms with Crippen LogP contribution in [0.15, 0.2) is 170 Å². The second kappa shape index (κ2) is 16.5. The maximum absolute atomic E-state index is 13.0. The second-order valence-corrected chi connectivity index (χ2v) is 23.8. The highest BCUT2D eigenvalue weighted by atomic mass is 32.2. The van der Waals surface area contributed by atoms with Gasteiger partial charge in [0.15, 0.2) is 0 Å². The first-order valence-electron chi connectivity index (χ1n) is 22.5. The fourth-order valence-electron chi connectivity index (χ4n) is 10.7. The molecule has 4 amide bonds. The fourth-order valence-corrected chi connectivity index (χ4v) is 17.1. The number of hydrogen-bond donors (Lipinski definition) is 0. The maximum atomic E-state index is 13.0. The molecule has 0 radical (unpaired) electrons. The molecule has 0 atom stereocenters. The normalized spacial score (nSPS) is 18.5. The molecule has 2 saturated heterocycles. The number of nitrogens with zero attached hydrogens (tertiary/aromatic N) is 2. The number of rotatable bonds is 6. The van der Waals surface area contributed by atoms with Crippen LogP contribution < -0.4 is 18.1 Å². The number of carbonyl (C=O) groups excluding carboxylic acids is 4. The molecule has 0 N–H and O–H groups in total. The SMILES string of the molecule is CN1C(=O)S/C(=c2\cc/c(=C\c3cc4c(s3)-c3cc5c(cc3C4(c3ccccc3)c3ccccc3)-c3sc(/C=c4\cc/c(=C6\SC(=O)N(C)C6=O)s4)cc3C5(c3ccccc3)c3ccccc3)s2)C1=O. The summed E-state index contributed by atoms with van der Waals surface area (Å²) in [6.45, 7) is 0. The number of thioether (sulfide) groups is 2. The molecular formula is C58H36N2O4S6. The molecule has 0 saturated carbocycles. The Hall–Kier alpha value is -6.64. The van der Waals surface area contributed by atoms with Gasteiger partial charge in [-0.3, -0.25) is 29.0 Å². The first-order valence-corrected chi connectivity index (χ1v) is 27.4. The van der Waals surface area contributed by atoms with Crippen molar-refractivity contribution in [3.8, 4) is 20.9 Å². The molecule has 13 rings (SSSR count). The molecule has 70 heavy (non-hydrogen) atoms. The molecule has 4 aliphatic rings. The third-order valence-electron chi connectivity index (χ3n) is 13.8. The van der Waals surface area contributed by atoms with Crippen LogP contribution in [-0.2, 0) is 20.4 Å². The Labute approximate surface area is 426 Å². The molecule has 0 bridgehead atoms. The number of carbonyl (C=O) groups is 4. The third-order valence-corrected chi connectivity index (χ3v) is 20.5. The zero-order chi connectivity index (χ0) is 47.5. The van der Waals surface area contributed by atoms with Crippen molar-refractivity contribution >= 4 is 113 Å². The summed E-state index contributed by atoms with van der Waals surface area (Å²) >= 11 is 8.65. The van der Waals surface area contributed by atoms with Gasteiger partial charge in [-0.25, -0.2) is 0 Å². The van der Waals surface area contributed by atoms with Crippen LogP contribution in [0, 0.1) is 0 Å². The van der Waals surface area contributed by atoms with Gasteiger partial charge >= 0.3 is 0 Å². The Balaban J connectivity index is 1.08. The second-order valence-electron chi connectivity index (χ2n) is 17.5. The lowest BCUT2D eigenvalue weighted by Crippen LogP contribution is -2.29. The van der Waals surface area contributed by atoms with Crippen LogP contribution >= 0.6 is 68.9 Å². The number of benzene rings is 5. The minimum absolute atomic E-state index is 0.257. The standard InChI is InChI=1S/C58H36N2O4S6/c1-59-53(61)51(69-55(59)63)47-25-23-37(65-47)27-39-29-45-49(67-39)41-31-44-42(32-43(41)57(45,33-15-7-3-8-16-33)34-17-9-4-10-18-34)50-46(58(44,35-19-11-5-12-20-35)36-21-13-6-14-22-36)30-40(68-50)28-38-24-26-48(66-38)52-54(62)60(2)56(64)70-52/h3-32H,1-2H3/b37-27+,38-28+,51-47+,52-48+. The van der Waals surface area contributed by atoms with Crippen molar-refractivity contribution in [2.24, 2.45) is 0 Å². The summed E-state index contributed by atoms with van der Waals surface area (Å²) in [4.78, 5) is 58.8. The van der Waals surface area contributed by atoms with E-state index in [4.69, 9.17) is 0 Å². The van der Waals surface area contributed by atoms with Gasteiger partial charge in [-0.05, 0) is 140 Å². The summed E-state index contributed by atoms with van der Waals surface area (Å²) in [6, 6.07) is 61.3. The van der Waals surface area contributed by atoms with Crippen LogP contribution in [0.3, 0.4) is 0 Å². The minimum Gasteiger partial charge on any atom is -0.272 e. The molecule has 2 aliphatic heterocycles. The van der Waals surface area contributed by atoms with Gasteiger partial charge in [-0.15, -0.1) is 45.3 Å². The van der Waals surface area contributed by atoms with Gasteiger partial charge in [-0.2, -0.15) is 0 Å². The van der Waals surface area contributed by atoms with E-state index < -0.39 is 10.8 Å². The maximum Gasteiger partial charge on any atom is 0.293 e. The highest BCUT2D eigenvalue weighted by Gasteiger charge is 2.52. The van der Waals surface area contributed by atoms with Crippen LogP contribution in [0.25, 0.3) is 42.8 Å². The molecule has 2 aliphatic carbocycles. The molecule has 2 fully saturated rings. The fraction of sp³-hybridized carbons (Fsp3) is 0.0690. The summed E-state index contributed by atoms with van der Waals surface area (Å²) in [6.07, 6.45) is 4.43. The number of imide groups is 2. The number of fused-ring (bicyclic) bond motifs is 6. The molecule has 9 aromatic rings. The first-order chi connectivity index (χ1) is 34.1. The van der Waals surface area contributed by atoms with E-state index in [2.05, 4.69) is 158 Å². The summed E-state index contributed by atoms with van der Waals surface area (Å²) in [5, 5.41) is -0.513. The van der Waals surface area contributed by atoms with Crippen molar-refractivity contribution in [1.29, 1.82) is 0 Å². The zero-order valence-corrected chi connectivity index (χ0v) is 42.2. The van der Waals surface area contributed by atoms with Gasteiger partial charge in [-0.1, -0.05) is 121 Å². The minimum atomic E-state index is -0.660. The molecule has 6 heterocycles. The summed E-state index contributed by atoms with van der Waals surface area (Å²) in [7, 11) is 3.06. The molecule has 5 aromatic carbocycles. The molecule has 0 unspecified atom stereocenters. The highest BCUT2D eigenvalue weighted by molar-refractivity contribution is 8.23. The monoisotopic (exact) mass is 1020 g/mol. The lowest BCUT2D eigenvalue weighted by Gasteiger charge is -2.35. The topological polar surface area (TPSA) is 74.8 Å². The molecule has 12 heteroatoms. The van der Waals surface area contributed by atoms with E-state index >= 15 is 0 Å². The van der Waals surface area contributed by atoms with E-state index in [0.29, 0.717) is 9.81 Å². The number of thiophene rings is 4. The van der Waals surface area contributed by atoms with Crippen molar-refractivity contribution in [1.82, 2.24) is 9.80 Å². The van der Waals surface area contributed by atoms with Crippen LogP contribution in [0.5, 0.6) is 0 Å². The molecule has 0 spiro atoms. The third kappa shape index (κ3) is 6.37. The van der Waals surface area contributed by atoms with Gasteiger partial charge in [0, 0.05) is 51.7 Å². The first kappa shape index (κ1) is 43.4. The van der Waals surface area contributed by atoms with E-state index in [1.807, 2.05) is 24.3 Å². The predicted molar refractivity (Wildman–Crippen MR) is 289 cm³/mol. The Morgan fingerprint density at radius 3 is 1.06 bits per heavy atom. The van der Waals surface area contributed by atoms with Gasteiger partial charge in [0.2, 0.25) is 0 Å². The molecular weight excluding hydrogens is 981 g/mol. The molecule has 6 nitrogen and oxygen atoms in total. The summed E-state index contributed by atoms with van der Waals surface area (Å²) in [5.74, 6) is -0.519.